The van der Waals surface area contributed by atoms with Crippen molar-refractivity contribution in [2.24, 2.45) is 0 Å². The van der Waals surface area contributed by atoms with Crippen molar-refractivity contribution in [1.82, 2.24) is 9.78 Å². The molecule has 0 atom stereocenters. The van der Waals surface area contributed by atoms with E-state index in [0.29, 0.717) is 11.4 Å². The Morgan fingerprint density at radius 1 is 1.45 bits per heavy atom. The summed E-state index contributed by atoms with van der Waals surface area (Å²) in [6.07, 6.45) is 0. The van der Waals surface area contributed by atoms with Crippen LogP contribution in [0.4, 0.5) is 0 Å². The van der Waals surface area contributed by atoms with E-state index in [2.05, 4.69) is 21.0 Å². The molecule has 0 saturated heterocycles. The molecule has 0 fully saturated rings. The Bertz CT molecular complexity index is 807. The minimum absolute atomic E-state index is 0.350. The zero-order valence-electron chi connectivity index (χ0n) is 10.6. The lowest BCUT2D eigenvalue weighted by molar-refractivity contribution is 0.0702. The van der Waals surface area contributed by atoms with Crippen LogP contribution in [-0.2, 0) is 6.54 Å². The maximum atomic E-state index is 11.1. The lowest BCUT2D eigenvalue weighted by Gasteiger charge is -2.03. The van der Waals surface area contributed by atoms with E-state index in [1.165, 1.54) is 11.3 Å². The van der Waals surface area contributed by atoms with Crippen molar-refractivity contribution in [2.45, 2.75) is 13.5 Å². The van der Waals surface area contributed by atoms with Crippen LogP contribution in [-0.4, -0.2) is 20.9 Å². The van der Waals surface area contributed by atoms with Gasteiger partial charge in [-0.05, 0) is 30.7 Å². The van der Waals surface area contributed by atoms with E-state index in [1.807, 2.05) is 35.9 Å². The molecule has 0 unspecified atom stereocenters. The number of nitrogens with zero attached hydrogens (tertiary/aromatic N) is 2. The summed E-state index contributed by atoms with van der Waals surface area (Å²) in [5.74, 6) is -0.889. The van der Waals surface area contributed by atoms with Gasteiger partial charge < -0.3 is 5.11 Å². The summed E-state index contributed by atoms with van der Waals surface area (Å²) in [5.41, 5.74) is 1.98. The van der Waals surface area contributed by atoms with Crippen LogP contribution in [0.15, 0.2) is 34.8 Å². The Morgan fingerprint density at radius 3 is 2.95 bits per heavy atom. The third kappa shape index (κ3) is 2.36. The third-order valence-electron chi connectivity index (χ3n) is 3.04. The summed E-state index contributed by atoms with van der Waals surface area (Å²) in [4.78, 5) is 12.3. The summed E-state index contributed by atoms with van der Waals surface area (Å²) in [6, 6.07) is 9.71. The zero-order chi connectivity index (χ0) is 14.3. The van der Waals surface area contributed by atoms with Crippen molar-refractivity contribution < 1.29 is 9.90 Å². The number of aromatic carboxylic acids is 1. The fourth-order valence-electron chi connectivity index (χ4n) is 2.13. The minimum atomic E-state index is -0.889. The molecule has 20 heavy (non-hydrogen) atoms. The summed E-state index contributed by atoms with van der Waals surface area (Å²) in [5, 5.41) is 14.5. The first-order chi connectivity index (χ1) is 9.54. The van der Waals surface area contributed by atoms with Crippen molar-refractivity contribution >= 4 is 43.5 Å². The fourth-order valence-corrected chi connectivity index (χ4v) is 3.58. The van der Waals surface area contributed by atoms with Gasteiger partial charge in [-0.3, -0.25) is 4.68 Å². The molecule has 0 aliphatic rings. The molecule has 2 heterocycles. The van der Waals surface area contributed by atoms with Gasteiger partial charge >= 0.3 is 5.97 Å². The van der Waals surface area contributed by atoms with Gasteiger partial charge in [-0.25, -0.2) is 4.79 Å². The molecule has 1 N–H and O–H groups in total. The smallest absolute Gasteiger partial charge is 0.345 e. The number of benzene rings is 1. The van der Waals surface area contributed by atoms with Crippen LogP contribution < -0.4 is 0 Å². The number of fused-ring (bicyclic) bond motifs is 1. The van der Waals surface area contributed by atoms with Gasteiger partial charge in [-0.15, -0.1) is 11.3 Å². The second kappa shape index (κ2) is 5.03. The highest BCUT2D eigenvalue weighted by atomic mass is 79.9. The summed E-state index contributed by atoms with van der Waals surface area (Å²) >= 11 is 4.71. The highest BCUT2D eigenvalue weighted by Gasteiger charge is 2.15. The molecule has 3 aromatic rings. The standard InChI is InChI=1S/C14H11BrN2O2S/c1-8-11-6-12(14(18)19)20-13(11)17(16-8)7-9-3-2-4-10(15)5-9/h2-6H,7H2,1H3,(H,18,19). The SMILES string of the molecule is Cc1nn(Cc2cccc(Br)c2)c2sc(C(=O)O)cc12. The molecule has 0 radical (unpaired) electrons. The van der Waals surface area contributed by atoms with Crippen molar-refractivity contribution in [1.29, 1.82) is 0 Å². The number of hydrogen-bond donors (Lipinski definition) is 1. The molecule has 2 aromatic heterocycles. The van der Waals surface area contributed by atoms with Gasteiger partial charge in [0.05, 0.1) is 12.2 Å². The second-order valence-corrected chi connectivity index (χ2v) is 6.45. The number of carboxylic acids is 1. The lowest BCUT2D eigenvalue weighted by atomic mass is 10.2. The van der Waals surface area contributed by atoms with E-state index in [0.717, 1.165) is 25.9 Å². The average Bonchev–Trinajstić information content (AvgIpc) is 2.92. The number of aryl methyl sites for hydroxylation is 1. The highest BCUT2D eigenvalue weighted by molar-refractivity contribution is 9.10. The number of rotatable bonds is 3. The summed E-state index contributed by atoms with van der Waals surface area (Å²) in [6.45, 7) is 2.53. The van der Waals surface area contributed by atoms with Crippen LogP contribution in [0.25, 0.3) is 10.2 Å². The molecular weight excluding hydrogens is 340 g/mol. The maximum absolute atomic E-state index is 11.1. The molecule has 0 amide bonds. The van der Waals surface area contributed by atoms with E-state index in [9.17, 15) is 4.79 Å². The van der Waals surface area contributed by atoms with Gasteiger partial charge in [0.1, 0.15) is 9.71 Å². The Balaban J connectivity index is 2.05. The van der Waals surface area contributed by atoms with Crippen LogP contribution in [0.2, 0.25) is 0 Å². The van der Waals surface area contributed by atoms with Crippen LogP contribution in [0.5, 0.6) is 0 Å². The van der Waals surface area contributed by atoms with Gasteiger partial charge in [-0.2, -0.15) is 5.10 Å². The molecule has 1 aromatic carbocycles. The van der Waals surface area contributed by atoms with E-state index in [4.69, 9.17) is 5.11 Å². The van der Waals surface area contributed by atoms with Gasteiger partial charge in [0.25, 0.3) is 0 Å². The number of carbonyl (C=O) groups is 1. The van der Waals surface area contributed by atoms with Crippen molar-refractivity contribution in [3.05, 3.63) is 50.9 Å². The maximum Gasteiger partial charge on any atom is 0.345 e. The van der Waals surface area contributed by atoms with Crippen LogP contribution in [0.3, 0.4) is 0 Å². The second-order valence-electron chi connectivity index (χ2n) is 4.51. The summed E-state index contributed by atoms with van der Waals surface area (Å²) < 4.78 is 2.89. The van der Waals surface area contributed by atoms with Gasteiger partial charge in [0.15, 0.2) is 0 Å². The lowest BCUT2D eigenvalue weighted by Crippen LogP contribution is -2.01. The predicted molar refractivity (Wildman–Crippen MR) is 82.6 cm³/mol. The first-order valence-electron chi connectivity index (χ1n) is 5.99. The van der Waals surface area contributed by atoms with Crippen LogP contribution in [0.1, 0.15) is 20.9 Å². The van der Waals surface area contributed by atoms with Crippen molar-refractivity contribution in [3.8, 4) is 0 Å². The van der Waals surface area contributed by atoms with Crippen molar-refractivity contribution in [3.63, 3.8) is 0 Å². The Morgan fingerprint density at radius 2 is 2.25 bits per heavy atom. The minimum Gasteiger partial charge on any atom is -0.477 e. The molecule has 0 saturated carbocycles. The van der Waals surface area contributed by atoms with Gasteiger partial charge in [-0.1, -0.05) is 28.1 Å². The first kappa shape index (κ1) is 13.3. The molecule has 0 aliphatic heterocycles. The molecule has 102 valence electrons. The van der Waals surface area contributed by atoms with E-state index >= 15 is 0 Å². The molecule has 0 spiro atoms. The zero-order valence-corrected chi connectivity index (χ0v) is 13.0. The van der Waals surface area contributed by atoms with E-state index < -0.39 is 5.97 Å². The van der Waals surface area contributed by atoms with Gasteiger partial charge in [0.2, 0.25) is 0 Å². The Labute approximate surface area is 127 Å². The number of halogens is 1. The van der Waals surface area contributed by atoms with Crippen LogP contribution in [0, 0.1) is 6.92 Å². The molecule has 0 aliphatic carbocycles. The van der Waals surface area contributed by atoms with E-state index in [-0.39, 0.29) is 0 Å². The number of carboxylic acid groups (broad SMARTS) is 1. The molecular formula is C14H11BrN2O2S. The molecule has 6 heteroatoms. The quantitative estimate of drug-likeness (QED) is 0.778. The largest absolute Gasteiger partial charge is 0.477 e. The van der Waals surface area contributed by atoms with Gasteiger partial charge in [0, 0.05) is 9.86 Å². The van der Waals surface area contributed by atoms with Crippen LogP contribution >= 0.6 is 27.3 Å². The number of aromatic nitrogens is 2. The van der Waals surface area contributed by atoms with Crippen molar-refractivity contribution in [2.75, 3.05) is 0 Å². The average molecular weight is 351 g/mol. The Kier molecular flexibility index (Phi) is 3.35. The highest BCUT2D eigenvalue weighted by Crippen LogP contribution is 2.29. The van der Waals surface area contributed by atoms with E-state index in [1.54, 1.807) is 6.07 Å². The topological polar surface area (TPSA) is 55.1 Å². The first-order valence-corrected chi connectivity index (χ1v) is 7.60. The summed E-state index contributed by atoms with van der Waals surface area (Å²) in [7, 11) is 0. The number of hydrogen-bond acceptors (Lipinski definition) is 3. The number of thiophene rings is 1. The Hall–Kier alpha value is -1.66. The molecule has 3 rings (SSSR count). The molecule has 0 bridgehead atoms. The predicted octanol–water partition coefficient (Wildman–Crippen LogP) is 3.92. The monoisotopic (exact) mass is 350 g/mol. The third-order valence-corrected chi connectivity index (χ3v) is 4.67. The normalized spacial score (nSPS) is 11.1. The molecule has 4 nitrogen and oxygen atoms in total. The fraction of sp³-hybridized carbons (Fsp3) is 0.143.